The van der Waals surface area contributed by atoms with E-state index in [0.717, 1.165) is 32.4 Å². The Bertz CT molecular complexity index is 229. The van der Waals surface area contributed by atoms with Gasteiger partial charge in [-0.2, -0.15) is 0 Å². The van der Waals surface area contributed by atoms with Crippen LogP contribution < -0.4 is 5.32 Å². The molecule has 15 heavy (non-hydrogen) atoms. The van der Waals surface area contributed by atoms with Crippen LogP contribution in [0.4, 0.5) is 0 Å². The third-order valence-electron chi connectivity index (χ3n) is 3.15. The van der Waals surface area contributed by atoms with Crippen molar-refractivity contribution >= 4 is 5.91 Å². The van der Waals surface area contributed by atoms with Gasteiger partial charge in [-0.3, -0.25) is 4.79 Å². The quantitative estimate of drug-likeness (QED) is 0.615. The standard InChI is InChI=1S/C11H20N2O2/c14-8-2-1-6-13-7-5-10(11(13)15)12-9-3-4-9/h9-10,12,14H,1-8H2. The van der Waals surface area contributed by atoms with Gasteiger partial charge in [-0.1, -0.05) is 0 Å². The molecule has 0 aromatic rings. The molecule has 1 unspecified atom stereocenters. The molecule has 1 aliphatic carbocycles. The number of hydrogen-bond acceptors (Lipinski definition) is 3. The van der Waals surface area contributed by atoms with E-state index in [4.69, 9.17) is 5.11 Å². The molecular weight excluding hydrogens is 192 g/mol. The predicted octanol–water partition coefficient (Wildman–Crippen LogP) is 0.112. The minimum Gasteiger partial charge on any atom is -0.396 e. The van der Waals surface area contributed by atoms with Gasteiger partial charge < -0.3 is 15.3 Å². The van der Waals surface area contributed by atoms with Crippen LogP contribution in [0, 0.1) is 0 Å². The van der Waals surface area contributed by atoms with Gasteiger partial charge in [-0.25, -0.2) is 0 Å². The van der Waals surface area contributed by atoms with Gasteiger partial charge in [0.2, 0.25) is 5.91 Å². The number of nitrogens with one attached hydrogen (secondary N) is 1. The fourth-order valence-electron chi connectivity index (χ4n) is 2.06. The van der Waals surface area contributed by atoms with Crippen LogP contribution in [0.2, 0.25) is 0 Å². The predicted molar refractivity (Wildman–Crippen MR) is 57.5 cm³/mol. The van der Waals surface area contributed by atoms with E-state index >= 15 is 0 Å². The van der Waals surface area contributed by atoms with Gasteiger partial charge in [0.25, 0.3) is 0 Å². The Morgan fingerprint density at radius 1 is 1.33 bits per heavy atom. The van der Waals surface area contributed by atoms with E-state index in [-0.39, 0.29) is 18.6 Å². The topological polar surface area (TPSA) is 52.6 Å². The molecule has 1 saturated heterocycles. The average molecular weight is 212 g/mol. The van der Waals surface area contributed by atoms with Crippen LogP contribution in [-0.2, 0) is 4.79 Å². The summed E-state index contributed by atoms with van der Waals surface area (Å²) >= 11 is 0. The first-order chi connectivity index (χ1) is 7.31. The molecule has 2 rings (SSSR count). The molecule has 0 aromatic carbocycles. The molecule has 1 heterocycles. The molecular formula is C11H20N2O2. The second-order valence-electron chi connectivity index (χ2n) is 4.54. The SMILES string of the molecule is O=C1C(NC2CC2)CCN1CCCCO. The van der Waals surface area contributed by atoms with Crippen molar-refractivity contribution < 1.29 is 9.90 Å². The van der Waals surface area contributed by atoms with Crippen molar-refractivity contribution in [3.8, 4) is 0 Å². The molecule has 0 aromatic heterocycles. The minimum absolute atomic E-state index is 0.0756. The van der Waals surface area contributed by atoms with Crippen LogP contribution in [0.25, 0.3) is 0 Å². The minimum atomic E-state index is 0.0756. The number of aliphatic hydroxyl groups excluding tert-OH is 1. The summed E-state index contributed by atoms with van der Waals surface area (Å²) in [6.45, 7) is 1.92. The number of carbonyl (C=O) groups excluding carboxylic acids is 1. The number of carbonyl (C=O) groups is 1. The lowest BCUT2D eigenvalue weighted by Crippen LogP contribution is -2.39. The van der Waals surface area contributed by atoms with Crippen molar-refractivity contribution in [2.45, 2.75) is 44.2 Å². The Morgan fingerprint density at radius 2 is 2.13 bits per heavy atom. The van der Waals surface area contributed by atoms with Crippen LogP contribution in [-0.4, -0.2) is 47.7 Å². The van der Waals surface area contributed by atoms with E-state index in [1.165, 1.54) is 12.8 Å². The normalized spacial score (nSPS) is 26.3. The number of rotatable bonds is 6. The number of amides is 1. The number of hydrogen-bond donors (Lipinski definition) is 2. The van der Waals surface area contributed by atoms with Crippen molar-refractivity contribution in [3.63, 3.8) is 0 Å². The first-order valence-corrected chi connectivity index (χ1v) is 5.97. The Morgan fingerprint density at radius 3 is 2.80 bits per heavy atom. The van der Waals surface area contributed by atoms with Crippen LogP contribution >= 0.6 is 0 Å². The van der Waals surface area contributed by atoms with E-state index in [1.807, 2.05) is 4.90 Å². The van der Waals surface area contributed by atoms with Gasteiger partial charge in [0, 0.05) is 25.7 Å². The number of aliphatic hydroxyl groups is 1. The fourth-order valence-corrected chi connectivity index (χ4v) is 2.06. The van der Waals surface area contributed by atoms with Gasteiger partial charge in [-0.15, -0.1) is 0 Å². The monoisotopic (exact) mass is 212 g/mol. The Kier molecular flexibility index (Phi) is 3.59. The molecule has 1 atom stereocenters. The summed E-state index contributed by atoms with van der Waals surface area (Å²) in [7, 11) is 0. The molecule has 0 spiro atoms. The number of unbranched alkanes of at least 4 members (excludes halogenated alkanes) is 1. The summed E-state index contributed by atoms with van der Waals surface area (Å²) in [5.41, 5.74) is 0. The number of nitrogens with zero attached hydrogens (tertiary/aromatic N) is 1. The molecule has 1 amide bonds. The summed E-state index contributed by atoms with van der Waals surface area (Å²) in [5.74, 6) is 0.264. The maximum absolute atomic E-state index is 11.9. The average Bonchev–Trinajstić information content (AvgIpc) is 2.98. The highest BCUT2D eigenvalue weighted by Gasteiger charge is 2.34. The molecule has 2 aliphatic rings. The van der Waals surface area contributed by atoms with Gasteiger partial charge >= 0.3 is 0 Å². The van der Waals surface area contributed by atoms with Gasteiger partial charge in [0.15, 0.2) is 0 Å². The molecule has 86 valence electrons. The van der Waals surface area contributed by atoms with Crippen LogP contribution in [0.15, 0.2) is 0 Å². The fraction of sp³-hybridized carbons (Fsp3) is 0.909. The van der Waals surface area contributed by atoms with Crippen LogP contribution in [0.5, 0.6) is 0 Å². The van der Waals surface area contributed by atoms with Crippen LogP contribution in [0.1, 0.15) is 32.1 Å². The largest absolute Gasteiger partial charge is 0.396 e. The molecule has 4 heteroatoms. The summed E-state index contributed by atoms with van der Waals surface area (Å²) in [5, 5.41) is 12.1. The zero-order valence-corrected chi connectivity index (χ0v) is 9.11. The Hall–Kier alpha value is -0.610. The maximum atomic E-state index is 11.9. The smallest absolute Gasteiger partial charge is 0.239 e. The maximum Gasteiger partial charge on any atom is 0.239 e. The lowest BCUT2D eigenvalue weighted by atomic mass is 10.2. The van der Waals surface area contributed by atoms with E-state index in [1.54, 1.807) is 0 Å². The molecule has 4 nitrogen and oxygen atoms in total. The summed E-state index contributed by atoms with van der Waals surface area (Å²) in [6.07, 6.45) is 5.12. The van der Waals surface area contributed by atoms with E-state index in [0.29, 0.717) is 6.04 Å². The second kappa shape index (κ2) is 4.94. The Labute approximate surface area is 90.6 Å². The highest BCUT2D eigenvalue weighted by molar-refractivity contribution is 5.84. The van der Waals surface area contributed by atoms with Crippen molar-refractivity contribution in [3.05, 3.63) is 0 Å². The molecule has 2 fully saturated rings. The van der Waals surface area contributed by atoms with Crippen molar-refractivity contribution in [2.24, 2.45) is 0 Å². The van der Waals surface area contributed by atoms with E-state index in [2.05, 4.69) is 5.32 Å². The molecule has 2 N–H and O–H groups in total. The van der Waals surface area contributed by atoms with Gasteiger partial charge in [0.1, 0.15) is 0 Å². The highest BCUT2D eigenvalue weighted by Crippen LogP contribution is 2.22. The summed E-state index contributed by atoms with van der Waals surface area (Å²) < 4.78 is 0. The van der Waals surface area contributed by atoms with E-state index in [9.17, 15) is 4.79 Å². The molecule has 0 bridgehead atoms. The number of likely N-dealkylation sites (tertiary alicyclic amines) is 1. The van der Waals surface area contributed by atoms with Crippen molar-refractivity contribution in [1.29, 1.82) is 0 Å². The summed E-state index contributed by atoms with van der Waals surface area (Å²) in [4.78, 5) is 13.8. The van der Waals surface area contributed by atoms with Crippen molar-refractivity contribution in [2.75, 3.05) is 19.7 Å². The third kappa shape index (κ3) is 2.92. The van der Waals surface area contributed by atoms with Crippen LogP contribution in [0.3, 0.4) is 0 Å². The molecule has 1 aliphatic heterocycles. The zero-order valence-electron chi connectivity index (χ0n) is 9.11. The first-order valence-electron chi connectivity index (χ1n) is 5.97. The first kappa shape index (κ1) is 10.9. The van der Waals surface area contributed by atoms with E-state index < -0.39 is 0 Å². The van der Waals surface area contributed by atoms with Gasteiger partial charge in [0.05, 0.1) is 6.04 Å². The third-order valence-corrected chi connectivity index (χ3v) is 3.15. The summed E-state index contributed by atoms with van der Waals surface area (Å²) in [6, 6.07) is 0.683. The van der Waals surface area contributed by atoms with Crippen molar-refractivity contribution in [1.82, 2.24) is 10.2 Å². The van der Waals surface area contributed by atoms with Gasteiger partial charge in [-0.05, 0) is 32.1 Å². The lowest BCUT2D eigenvalue weighted by Gasteiger charge is -2.16. The second-order valence-corrected chi connectivity index (χ2v) is 4.54. The highest BCUT2D eigenvalue weighted by atomic mass is 16.3. The lowest BCUT2D eigenvalue weighted by molar-refractivity contribution is -0.129. The molecule has 0 radical (unpaired) electrons. The zero-order chi connectivity index (χ0) is 10.7. The molecule has 1 saturated carbocycles. The Balaban J connectivity index is 1.70.